The summed E-state index contributed by atoms with van der Waals surface area (Å²) in [6.07, 6.45) is 6.47. The van der Waals surface area contributed by atoms with Crippen LogP contribution in [0.1, 0.15) is 35.1 Å². The fourth-order valence-corrected chi connectivity index (χ4v) is 9.61. The predicted molar refractivity (Wildman–Crippen MR) is 265 cm³/mol. The van der Waals surface area contributed by atoms with Crippen molar-refractivity contribution in [1.29, 1.82) is 0 Å². The van der Waals surface area contributed by atoms with Crippen LogP contribution in [0.3, 0.4) is 0 Å². The van der Waals surface area contributed by atoms with Crippen LogP contribution in [-0.2, 0) is 35.2 Å². The Morgan fingerprint density at radius 2 is 0.578 bits per heavy atom. The Bertz CT molecular complexity index is 2490. The third-order valence-corrected chi connectivity index (χ3v) is 13.4. The SMILES string of the molecule is c1ccc(CC2(CCc3ccc(N(c4ccccc4)c4ccc(-c5ccc(N(c6ccccc6)c6ccc(CCC7(Cc8ccccc8)COC7)cc6)cc5)cc4)cc3)COC2)cc1. The molecular formula is C60H56N2O2. The first-order valence-corrected chi connectivity index (χ1v) is 22.9. The van der Waals surface area contributed by atoms with Gasteiger partial charge in [0.1, 0.15) is 0 Å². The van der Waals surface area contributed by atoms with Crippen LogP contribution >= 0.6 is 0 Å². The summed E-state index contributed by atoms with van der Waals surface area (Å²) < 4.78 is 11.5. The highest BCUT2D eigenvalue weighted by molar-refractivity contribution is 5.80. The molecule has 0 unspecified atom stereocenters. The van der Waals surface area contributed by atoms with Crippen LogP contribution in [0.2, 0.25) is 0 Å². The zero-order chi connectivity index (χ0) is 43.0. The zero-order valence-corrected chi connectivity index (χ0v) is 36.6. The largest absolute Gasteiger partial charge is 0.380 e. The number of rotatable bonds is 17. The van der Waals surface area contributed by atoms with Gasteiger partial charge in [0.05, 0.1) is 26.4 Å². The molecule has 0 bridgehead atoms. The Morgan fingerprint density at radius 1 is 0.297 bits per heavy atom. The molecule has 0 aliphatic carbocycles. The molecule has 10 rings (SSSR count). The van der Waals surface area contributed by atoms with Gasteiger partial charge in [0, 0.05) is 45.0 Å². The molecule has 4 heteroatoms. The molecule has 8 aromatic carbocycles. The first-order chi connectivity index (χ1) is 31.6. The first-order valence-electron chi connectivity index (χ1n) is 22.9. The van der Waals surface area contributed by atoms with E-state index in [1.54, 1.807) is 0 Å². The molecule has 2 saturated heterocycles. The van der Waals surface area contributed by atoms with E-state index < -0.39 is 0 Å². The smallest absolute Gasteiger partial charge is 0.0548 e. The number of nitrogens with zero attached hydrogens (tertiary/aromatic N) is 2. The second kappa shape index (κ2) is 18.9. The quantitative estimate of drug-likeness (QED) is 0.0912. The van der Waals surface area contributed by atoms with Crippen LogP contribution in [0.15, 0.2) is 218 Å². The molecule has 4 nitrogen and oxygen atoms in total. The van der Waals surface area contributed by atoms with Crippen LogP contribution in [0.4, 0.5) is 34.1 Å². The van der Waals surface area contributed by atoms with Crippen molar-refractivity contribution in [2.75, 3.05) is 36.2 Å². The average molecular weight is 837 g/mol. The van der Waals surface area contributed by atoms with Gasteiger partial charge in [-0.1, -0.05) is 146 Å². The summed E-state index contributed by atoms with van der Waals surface area (Å²) in [6, 6.07) is 79.3. The lowest BCUT2D eigenvalue weighted by Gasteiger charge is -2.42. The summed E-state index contributed by atoms with van der Waals surface area (Å²) in [6.45, 7) is 3.38. The fraction of sp³-hybridized carbons (Fsp3) is 0.200. The van der Waals surface area contributed by atoms with Crippen LogP contribution in [0, 0.1) is 10.8 Å². The second-order valence-corrected chi connectivity index (χ2v) is 18.1. The highest BCUT2D eigenvalue weighted by Crippen LogP contribution is 2.41. The number of anilines is 6. The standard InChI is InChI=1S/C60H56N2O2/c1-5-13-49(14-6-1)41-59(43-63-44-59)39-37-47-21-29-55(30-22-47)61(53-17-9-3-10-18-53)57-33-25-51(26-34-57)52-27-35-58(36-28-52)62(54-19-11-4-12-20-54)56-31-23-48(24-32-56)38-40-60(45-64-46-60)42-50-15-7-2-8-16-50/h1-36H,37-46H2. The fourth-order valence-electron chi connectivity index (χ4n) is 9.61. The molecule has 2 heterocycles. The van der Waals surface area contributed by atoms with Crippen molar-refractivity contribution in [3.63, 3.8) is 0 Å². The second-order valence-electron chi connectivity index (χ2n) is 18.1. The van der Waals surface area contributed by atoms with Gasteiger partial charge in [0.25, 0.3) is 0 Å². The molecule has 0 radical (unpaired) electrons. The molecule has 0 amide bonds. The molecule has 0 N–H and O–H groups in total. The minimum Gasteiger partial charge on any atom is -0.380 e. The third kappa shape index (κ3) is 9.45. The lowest BCUT2D eigenvalue weighted by atomic mass is 9.75. The number of hydrogen-bond donors (Lipinski definition) is 0. The van der Waals surface area contributed by atoms with E-state index in [-0.39, 0.29) is 10.8 Å². The minimum absolute atomic E-state index is 0.227. The molecule has 2 aliphatic heterocycles. The van der Waals surface area contributed by atoms with E-state index in [0.29, 0.717) is 0 Å². The maximum absolute atomic E-state index is 5.75. The average Bonchev–Trinajstić information content (AvgIpc) is 3.33. The third-order valence-electron chi connectivity index (χ3n) is 13.4. The molecule has 318 valence electrons. The van der Waals surface area contributed by atoms with Crippen molar-refractivity contribution in [2.24, 2.45) is 10.8 Å². The molecule has 0 spiro atoms. The van der Waals surface area contributed by atoms with Crippen molar-refractivity contribution in [1.82, 2.24) is 0 Å². The predicted octanol–water partition coefficient (Wildman–Crippen LogP) is 14.7. The maximum atomic E-state index is 5.75. The normalized spacial score (nSPS) is 14.8. The van der Waals surface area contributed by atoms with E-state index in [0.717, 1.165) is 99.1 Å². The van der Waals surface area contributed by atoms with E-state index >= 15 is 0 Å². The van der Waals surface area contributed by atoms with Gasteiger partial charge in [0.15, 0.2) is 0 Å². The van der Waals surface area contributed by atoms with Crippen molar-refractivity contribution in [3.05, 3.63) is 241 Å². The van der Waals surface area contributed by atoms with E-state index in [1.807, 2.05) is 0 Å². The number of ether oxygens (including phenoxy) is 2. The van der Waals surface area contributed by atoms with E-state index in [2.05, 4.69) is 228 Å². The highest BCUT2D eigenvalue weighted by Gasteiger charge is 2.39. The summed E-state index contributed by atoms with van der Waals surface area (Å²) in [5.41, 5.74) is 15.1. The van der Waals surface area contributed by atoms with Gasteiger partial charge < -0.3 is 19.3 Å². The van der Waals surface area contributed by atoms with Crippen LogP contribution in [0.25, 0.3) is 11.1 Å². The molecule has 2 aliphatic rings. The van der Waals surface area contributed by atoms with E-state index in [1.165, 1.54) is 33.4 Å². The summed E-state index contributed by atoms with van der Waals surface area (Å²) in [5.74, 6) is 0. The molecule has 0 saturated carbocycles. The van der Waals surface area contributed by atoms with Crippen molar-refractivity contribution >= 4 is 34.1 Å². The molecule has 64 heavy (non-hydrogen) atoms. The molecule has 0 aromatic heterocycles. The van der Waals surface area contributed by atoms with Crippen LogP contribution < -0.4 is 9.80 Å². The van der Waals surface area contributed by atoms with Crippen molar-refractivity contribution in [3.8, 4) is 11.1 Å². The number of hydrogen-bond acceptors (Lipinski definition) is 4. The van der Waals surface area contributed by atoms with Gasteiger partial charge in [-0.2, -0.15) is 0 Å². The monoisotopic (exact) mass is 836 g/mol. The van der Waals surface area contributed by atoms with E-state index in [9.17, 15) is 0 Å². The Balaban J connectivity index is 0.834. The Labute approximate surface area is 379 Å². The first kappa shape index (κ1) is 41.3. The molecular weight excluding hydrogens is 781 g/mol. The number of para-hydroxylation sites is 2. The summed E-state index contributed by atoms with van der Waals surface area (Å²) in [7, 11) is 0. The molecule has 8 aromatic rings. The van der Waals surface area contributed by atoms with Crippen molar-refractivity contribution in [2.45, 2.75) is 38.5 Å². The van der Waals surface area contributed by atoms with Crippen LogP contribution in [-0.4, -0.2) is 26.4 Å². The Hall–Kier alpha value is -6.72. The number of aryl methyl sites for hydroxylation is 2. The Kier molecular flexibility index (Phi) is 12.2. The zero-order valence-electron chi connectivity index (χ0n) is 36.6. The number of benzene rings is 8. The maximum Gasteiger partial charge on any atom is 0.0548 e. The van der Waals surface area contributed by atoms with Gasteiger partial charge in [-0.15, -0.1) is 0 Å². The topological polar surface area (TPSA) is 24.9 Å². The lowest BCUT2D eigenvalue weighted by Crippen LogP contribution is -2.44. The highest BCUT2D eigenvalue weighted by atomic mass is 16.5. The van der Waals surface area contributed by atoms with Gasteiger partial charge >= 0.3 is 0 Å². The lowest BCUT2D eigenvalue weighted by molar-refractivity contribution is -0.116. The van der Waals surface area contributed by atoms with Gasteiger partial charge in [0.2, 0.25) is 0 Å². The Morgan fingerprint density at radius 3 is 0.875 bits per heavy atom. The summed E-state index contributed by atoms with van der Waals surface area (Å²) in [5, 5.41) is 0. The van der Waals surface area contributed by atoms with Crippen molar-refractivity contribution < 1.29 is 9.47 Å². The minimum atomic E-state index is 0.227. The van der Waals surface area contributed by atoms with Gasteiger partial charge in [-0.25, -0.2) is 0 Å². The summed E-state index contributed by atoms with van der Waals surface area (Å²) in [4.78, 5) is 4.70. The van der Waals surface area contributed by atoms with E-state index in [4.69, 9.17) is 9.47 Å². The van der Waals surface area contributed by atoms with Gasteiger partial charge in [-0.05, 0) is 145 Å². The van der Waals surface area contributed by atoms with Gasteiger partial charge in [-0.3, -0.25) is 0 Å². The van der Waals surface area contributed by atoms with Crippen LogP contribution in [0.5, 0.6) is 0 Å². The summed E-state index contributed by atoms with van der Waals surface area (Å²) >= 11 is 0. The molecule has 0 atom stereocenters. The molecule has 2 fully saturated rings.